The van der Waals surface area contributed by atoms with Crippen LogP contribution in [0.25, 0.3) is 0 Å². The van der Waals surface area contributed by atoms with E-state index in [9.17, 15) is 4.79 Å². The van der Waals surface area contributed by atoms with Gasteiger partial charge < -0.3 is 11.1 Å². The molecule has 2 rings (SSSR count). The van der Waals surface area contributed by atoms with Gasteiger partial charge in [-0.05, 0) is 30.0 Å². The molecule has 1 aliphatic rings. The smallest absolute Gasteiger partial charge is 0.227 e. The molecule has 0 spiro atoms. The Hall–Kier alpha value is -1.35. The third-order valence-electron chi connectivity index (χ3n) is 3.89. The highest BCUT2D eigenvalue weighted by atomic mass is 16.2. The second-order valence-electron chi connectivity index (χ2n) is 5.97. The number of rotatable bonds is 4. The maximum Gasteiger partial charge on any atom is 0.227 e. The third kappa shape index (κ3) is 2.72. The van der Waals surface area contributed by atoms with Gasteiger partial charge in [-0.1, -0.05) is 32.9 Å². The first kappa shape index (κ1) is 13.1. The summed E-state index contributed by atoms with van der Waals surface area (Å²) < 4.78 is 0. The van der Waals surface area contributed by atoms with Crippen molar-refractivity contribution in [3.05, 3.63) is 29.8 Å². The summed E-state index contributed by atoms with van der Waals surface area (Å²) in [4.78, 5) is 11.8. The fourth-order valence-corrected chi connectivity index (χ4v) is 2.04. The number of nitrogens with one attached hydrogen (secondary N) is 1. The average Bonchev–Trinajstić information content (AvgIpc) is 3.07. The van der Waals surface area contributed by atoms with E-state index in [1.807, 2.05) is 24.3 Å². The molecule has 1 fully saturated rings. The molecule has 3 heteroatoms. The quantitative estimate of drug-likeness (QED) is 0.857. The van der Waals surface area contributed by atoms with Crippen molar-refractivity contribution in [2.75, 3.05) is 11.9 Å². The first-order chi connectivity index (χ1) is 8.44. The van der Waals surface area contributed by atoms with Crippen molar-refractivity contribution in [1.82, 2.24) is 0 Å². The van der Waals surface area contributed by atoms with E-state index in [0.717, 1.165) is 12.1 Å². The van der Waals surface area contributed by atoms with Gasteiger partial charge in [-0.3, -0.25) is 4.79 Å². The van der Waals surface area contributed by atoms with E-state index in [-0.39, 0.29) is 17.2 Å². The van der Waals surface area contributed by atoms with Gasteiger partial charge in [0.1, 0.15) is 0 Å². The largest absolute Gasteiger partial charge is 0.330 e. The zero-order chi connectivity index (χ0) is 13.3. The summed E-state index contributed by atoms with van der Waals surface area (Å²) in [6.07, 6.45) is 1.02. The van der Waals surface area contributed by atoms with E-state index < -0.39 is 0 Å². The van der Waals surface area contributed by atoms with Crippen LogP contribution in [0.2, 0.25) is 0 Å². The van der Waals surface area contributed by atoms with Gasteiger partial charge in [0.2, 0.25) is 5.91 Å². The summed E-state index contributed by atoms with van der Waals surface area (Å²) >= 11 is 0. The van der Waals surface area contributed by atoms with Gasteiger partial charge in [-0.15, -0.1) is 0 Å². The summed E-state index contributed by atoms with van der Waals surface area (Å²) in [5.41, 5.74) is 7.80. The van der Waals surface area contributed by atoms with Crippen LogP contribution in [-0.4, -0.2) is 12.5 Å². The van der Waals surface area contributed by atoms with Gasteiger partial charge in [-0.25, -0.2) is 0 Å². The van der Waals surface area contributed by atoms with Crippen LogP contribution in [0.4, 0.5) is 5.69 Å². The molecule has 0 radical (unpaired) electrons. The van der Waals surface area contributed by atoms with Crippen molar-refractivity contribution in [2.45, 2.75) is 32.6 Å². The van der Waals surface area contributed by atoms with Crippen LogP contribution < -0.4 is 11.1 Å². The zero-order valence-corrected chi connectivity index (χ0v) is 11.4. The Morgan fingerprint density at radius 1 is 1.39 bits per heavy atom. The lowest BCUT2D eigenvalue weighted by molar-refractivity contribution is -0.117. The number of hydrogen-bond donors (Lipinski definition) is 2. The molecule has 0 saturated heterocycles. The Balaban J connectivity index is 2.02. The molecular formula is C15H22N2O. The predicted octanol–water partition coefficient (Wildman–Crippen LogP) is 2.52. The Morgan fingerprint density at radius 3 is 2.39 bits per heavy atom. The number of carbonyl (C=O) groups excluding carboxylic acids is 1. The van der Waals surface area contributed by atoms with Gasteiger partial charge in [0.25, 0.3) is 0 Å². The standard InChI is InChI=1S/C15H22N2O/c1-10-8-13(10)14(18)17-12-6-4-11(5-7-12)15(2,3)9-16/h4-7,10,13H,8-9,16H2,1-3H3,(H,17,18). The predicted molar refractivity (Wildman–Crippen MR) is 74.4 cm³/mol. The van der Waals surface area contributed by atoms with E-state index in [1.54, 1.807) is 0 Å². The monoisotopic (exact) mass is 246 g/mol. The summed E-state index contributed by atoms with van der Waals surface area (Å²) in [6, 6.07) is 7.99. The van der Waals surface area contributed by atoms with Crippen molar-refractivity contribution in [1.29, 1.82) is 0 Å². The summed E-state index contributed by atoms with van der Waals surface area (Å²) in [5.74, 6) is 0.902. The lowest BCUT2D eigenvalue weighted by Gasteiger charge is -2.23. The molecule has 3 N–H and O–H groups in total. The molecule has 2 atom stereocenters. The van der Waals surface area contributed by atoms with Crippen LogP contribution in [0.3, 0.4) is 0 Å². The summed E-state index contributed by atoms with van der Waals surface area (Å²) in [5, 5.41) is 2.96. The molecule has 0 aromatic heterocycles. The van der Waals surface area contributed by atoms with Crippen LogP contribution in [0.5, 0.6) is 0 Å². The number of amides is 1. The van der Waals surface area contributed by atoms with Crippen LogP contribution in [0.15, 0.2) is 24.3 Å². The summed E-state index contributed by atoms with van der Waals surface area (Å²) in [7, 11) is 0. The maximum atomic E-state index is 11.8. The SMILES string of the molecule is CC1CC1C(=O)Nc1ccc(C(C)(C)CN)cc1. The van der Waals surface area contributed by atoms with E-state index >= 15 is 0 Å². The van der Waals surface area contributed by atoms with Crippen LogP contribution >= 0.6 is 0 Å². The number of benzene rings is 1. The molecule has 98 valence electrons. The van der Waals surface area contributed by atoms with Gasteiger partial charge in [0.15, 0.2) is 0 Å². The molecule has 1 aromatic carbocycles. The Bertz CT molecular complexity index is 436. The van der Waals surface area contributed by atoms with E-state index in [2.05, 4.69) is 26.1 Å². The molecule has 18 heavy (non-hydrogen) atoms. The molecule has 2 unspecified atom stereocenters. The van der Waals surface area contributed by atoms with Crippen molar-refractivity contribution in [3.63, 3.8) is 0 Å². The van der Waals surface area contributed by atoms with E-state index in [1.165, 1.54) is 5.56 Å². The highest BCUT2D eigenvalue weighted by Crippen LogP contribution is 2.38. The van der Waals surface area contributed by atoms with E-state index in [0.29, 0.717) is 12.5 Å². The second-order valence-corrected chi connectivity index (χ2v) is 5.97. The number of nitrogens with two attached hydrogens (primary N) is 1. The molecule has 1 aromatic rings. The molecule has 0 heterocycles. The minimum absolute atomic E-state index is 0.0203. The average molecular weight is 246 g/mol. The zero-order valence-electron chi connectivity index (χ0n) is 11.4. The minimum Gasteiger partial charge on any atom is -0.330 e. The van der Waals surface area contributed by atoms with Crippen molar-refractivity contribution < 1.29 is 4.79 Å². The summed E-state index contributed by atoms with van der Waals surface area (Å²) in [6.45, 7) is 6.95. The molecule has 1 saturated carbocycles. The van der Waals surface area contributed by atoms with Gasteiger partial charge in [-0.2, -0.15) is 0 Å². The maximum absolute atomic E-state index is 11.8. The van der Waals surface area contributed by atoms with Crippen LogP contribution in [0.1, 0.15) is 32.8 Å². The minimum atomic E-state index is -0.0203. The first-order valence-corrected chi connectivity index (χ1v) is 6.55. The lowest BCUT2D eigenvalue weighted by Crippen LogP contribution is -2.28. The van der Waals surface area contributed by atoms with Crippen LogP contribution in [-0.2, 0) is 10.2 Å². The molecule has 1 aliphatic carbocycles. The van der Waals surface area contributed by atoms with Gasteiger partial charge in [0.05, 0.1) is 0 Å². The van der Waals surface area contributed by atoms with Crippen molar-refractivity contribution in [2.24, 2.45) is 17.6 Å². The van der Waals surface area contributed by atoms with Crippen LogP contribution in [0, 0.1) is 11.8 Å². The Kier molecular flexibility index (Phi) is 3.44. The van der Waals surface area contributed by atoms with Crippen molar-refractivity contribution >= 4 is 11.6 Å². The number of anilines is 1. The number of carbonyl (C=O) groups is 1. The number of hydrogen-bond acceptors (Lipinski definition) is 2. The fourth-order valence-electron chi connectivity index (χ4n) is 2.04. The highest BCUT2D eigenvalue weighted by Gasteiger charge is 2.39. The Labute approximate surface area is 109 Å². The highest BCUT2D eigenvalue weighted by molar-refractivity contribution is 5.94. The normalized spacial score (nSPS) is 22.7. The van der Waals surface area contributed by atoms with Gasteiger partial charge >= 0.3 is 0 Å². The molecule has 3 nitrogen and oxygen atoms in total. The van der Waals surface area contributed by atoms with Gasteiger partial charge in [0, 0.05) is 23.6 Å². The third-order valence-corrected chi connectivity index (χ3v) is 3.89. The Morgan fingerprint density at radius 2 is 1.94 bits per heavy atom. The molecule has 1 amide bonds. The molecule has 0 bridgehead atoms. The molecular weight excluding hydrogens is 224 g/mol. The second kappa shape index (κ2) is 4.73. The fraction of sp³-hybridized carbons (Fsp3) is 0.533. The van der Waals surface area contributed by atoms with Crippen molar-refractivity contribution in [3.8, 4) is 0 Å². The molecule has 0 aliphatic heterocycles. The van der Waals surface area contributed by atoms with E-state index in [4.69, 9.17) is 5.73 Å². The first-order valence-electron chi connectivity index (χ1n) is 6.55. The topological polar surface area (TPSA) is 55.1 Å². The lowest BCUT2D eigenvalue weighted by atomic mass is 9.85.